The van der Waals surface area contributed by atoms with Crippen LogP contribution in [-0.4, -0.2) is 31.1 Å². The molecular formula is C13H18N2. The van der Waals surface area contributed by atoms with E-state index in [-0.39, 0.29) is 0 Å². The van der Waals surface area contributed by atoms with Crippen molar-refractivity contribution in [3.8, 4) is 0 Å². The summed E-state index contributed by atoms with van der Waals surface area (Å²) in [4.78, 5) is 2.60. The molecule has 1 fully saturated rings. The van der Waals surface area contributed by atoms with Crippen LogP contribution >= 0.6 is 0 Å². The summed E-state index contributed by atoms with van der Waals surface area (Å²) in [5, 5.41) is 3.34. The number of nitrogens with zero attached hydrogens (tertiary/aromatic N) is 1. The molecule has 0 unspecified atom stereocenters. The van der Waals surface area contributed by atoms with Gasteiger partial charge in [0.25, 0.3) is 0 Å². The Bertz CT molecular complexity index is 344. The summed E-state index contributed by atoms with van der Waals surface area (Å²) < 4.78 is 0. The molecule has 0 amide bonds. The van der Waals surface area contributed by atoms with E-state index in [1.165, 1.54) is 38.2 Å². The van der Waals surface area contributed by atoms with Crippen molar-refractivity contribution in [2.45, 2.75) is 13.0 Å². The molecule has 15 heavy (non-hydrogen) atoms. The number of benzene rings is 1. The van der Waals surface area contributed by atoms with Gasteiger partial charge in [0, 0.05) is 32.7 Å². The summed E-state index contributed by atoms with van der Waals surface area (Å²) in [5.74, 6) is 0.898. The molecule has 2 aliphatic heterocycles. The number of rotatable bonds is 2. The van der Waals surface area contributed by atoms with E-state index >= 15 is 0 Å². The first kappa shape index (κ1) is 9.37. The Morgan fingerprint density at radius 2 is 2.00 bits per heavy atom. The van der Waals surface area contributed by atoms with E-state index < -0.39 is 0 Å². The molecule has 1 saturated heterocycles. The van der Waals surface area contributed by atoms with Crippen LogP contribution in [0, 0.1) is 5.92 Å². The minimum atomic E-state index is 0.898. The molecule has 0 bridgehead atoms. The molecule has 0 aromatic heterocycles. The maximum atomic E-state index is 3.34. The van der Waals surface area contributed by atoms with Crippen LogP contribution in [0.15, 0.2) is 24.3 Å². The summed E-state index contributed by atoms with van der Waals surface area (Å²) in [6.07, 6.45) is 1.23. The van der Waals surface area contributed by atoms with Gasteiger partial charge in [-0.2, -0.15) is 0 Å². The van der Waals surface area contributed by atoms with Crippen molar-refractivity contribution in [3.63, 3.8) is 0 Å². The largest absolute Gasteiger partial charge is 0.316 e. The zero-order valence-electron chi connectivity index (χ0n) is 9.08. The van der Waals surface area contributed by atoms with Crippen LogP contribution in [0.5, 0.6) is 0 Å². The summed E-state index contributed by atoms with van der Waals surface area (Å²) in [7, 11) is 0. The first-order valence-corrected chi connectivity index (χ1v) is 5.91. The molecule has 2 nitrogen and oxygen atoms in total. The molecule has 2 aliphatic rings. The lowest BCUT2D eigenvalue weighted by molar-refractivity contribution is 0.180. The molecule has 0 atom stereocenters. The zero-order chi connectivity index (χ0) is 10.1. The van der Waals surface area contributed by atoms with E-state index in [0.717, 1.165) is 12.5 Å². The Balaban J connectivity index is 1.66. The van der Waals surface area contributed by atoms with Crippen LogP contribution in [0.1, 0.15) is 11.1 Å². The van der Waals surface area contributed by atoms with Gasteiger partial charge >= 0.3 is 0 Å². The predicted octanol–water partition coefficient (Wildman–Crippen LogP) is 1.26. The summed E-state index contributed by atoms with van der Waals surface area (Å²) in [6, 6.07) is 8.87. The molecule has 0 radical (unpaired) electrons. The maximum absolute atomic E-state index is 3.34. The van der Waals surface area contributed by atoms with Crippen LogP contribution in [0.3, 0.4) is 0 Å². The fourth-order valence-corrected chi connectivity index (χ4v) is 2.55. The molecule has 2 heterocycles. The van der Waals surface area contributed by atoms with Crippen molar-refractivity contribution in [1.82, 2.24) is 10.2 Å². The van der Waals surface area contributed by atoms with Crippen molar-refractivity contribution in [2.24, 2.45) is 5.92 Å². The molecule has 3 rings (SSSR count). The first-order chi connectivity index (χ1) is 7.42. The Labute approximate surface area is 91.3 Å². The highest BCUT2D eigenvalue weighted by Crippen LogP contribution is 2.19. The van der Waals surface area contributed by atoms with E-state index in [9.17, 15) is 0 Å². The highest BCUT2D eigenvalue weighted by atomic mass is 15.1. The third-order valence-electron chi connectivity index (χ3n) is 3.59. The molecule has 1 N–H and O–H groups in total. The number of nitrogens with one attached hydrogen (secondary N) is 1. The minimum absolute atomic E-state index is 0.898. The fraction of sp³-hybridized carbons (Fsp3) is 0.538. The van der Waals surface area contributed by atoms with E-state index in [2.05, 4.69) is 34.5 Å². The molecule has 1 aromatic rings. The quantitative estimate of drug-likeness (QED) is 0.777. The maximum Gasteiger partial charge on any atom is 0.0236 e. The van der Waals surface area contributed by atoms with Crippen LogP contribution in [-0.2, 0) is 13.0 Å². The smallest absolute Gasteiger partial charge is 0.0236 e. The standard InChI is InChI=1S/C13H18N2/c1-2-4-13-10-15(6-5-12(13)3-1)9-11-7-14-8-11/h1-4,11,14H,5-10H2. The minimum Gasteiger partial charge on any atom is -0.316 e. The monoisotopic (exact) mass is 202 g/mol. The van der Waals surface area contributed by atoms with E-state index in [0.29, 0.717) is 0 Å². The number of fused-ring (bicyclic) bond motifs is 1. The molecule has 80 valence electrons. The Morgan fingerprint density at radius 1 is 1.20 bits per heavy atom. The third kappa shape index (κ3) is 1.92. The number of hydrogen-bond acceptors (Lipinski definition) is 2. The van der Waals surface area contributed by atoms with E-state index in [4.69, 9.17) is 0 Å². The fourth-order valence-electron chi connectivity index (χ4n) is 2.55. The zero-order valence-corrected chi connectivity index (χ0v) is 9.08. The SMILES string of the molecule is c1ccc2c(c1)CCN(CC1CNC1)C2. The molecule has 0 spiro atoms. The van der Waals surface area contributed by atoms with Gasteiger partial charge in [-0.05, 0) is 23.5 Å². The van der Waals surface area contributed by atoms with Gasteiger partial charge in [0.05, 0.1) is 0 Å². The lowest BCUT2D eigenvalue weighted by Gasteiger charge is -2.35. The Kier molecular flexibility index (Phi) is 2.47. The summed E-state index contributed by atoms with van der Waals surface area (Å²) in [6.45, 7) is 6.12. The second-order valence-electron chi connectivity index (χ2n) is 4.78. The van der Waals surface area contributed by atoms with Gasteiger partial charge in [-0.25, -0.2) is 0 Å². The van der Waals surface area contributed by atoms with Crippen LogP contribution in [0.2, 0.25) is 0 Å². The van der Waals surface area contributed by atoms with E-state index in [1.54, 1.807) is 5.56 Å². The lowest BCUT2D eigenvalue weighted by Crippen LogP contribution is -2.49. The molecule has 2 heteroatoms. The van der Waals surface area contributed by atoms with Gasteiger partial charge < -0.3 is 5.32 Å². The van der Waals surface area contributed by atoms with Crippen LogP contribution in [0.25, 0.3) is 0 Å². The average molecular weight is 202 g/mol. The first-order valence-electron chi connectivity index (χ1n) is 5.91. The van der Waals surface area contributed by atoms with Gasteiger partial charge in [-0.15, -0.1) is 0 Å². The highest BCUT2D eigenvalue weighted by Gasteiger charge is 2.22. The van der Waals surface area contributed by atoms with Crippen molar-refractivity contribution < 1.29 is 0 Å². The average Bonchev–Trinajstić information content (AvgIpc) is 2.23. The second-order valence-corrected chi connectivity index (χ2v) is 4.78. The second kappa shape index (κ2) is 3.95. The molecule has 0 aliphatic carbocycles. The van der Waals surface area contributed by atoms with Gasteiger partial charge in [0.1, 0.15) is 0 Å². The van der Waals surface area contributed by atoms with Crippen molar-refractivity contribution in [3.05, 3.63) is 35.4 Å². The van der Waals surface area contributed by atoms with Gasteiger partial charge in [0.15, 0.2) is 0 Å². The van der Waals surface area contributed by atoms with Crippen molar-refractivity contribution in [2.75, 3.05) is 26.2 Å². The van der Waals surface area contributed by atoms with Crippen LogP contribution in [0.4, 0.5) is 0 Å². The number of hydrogen-bond donors (Lipinski definition) is 1. The van der Waals surface area contributed by atoms with E-state index in [1.807, 2.05) is 0 Å². The normalized spacial score (nSPS) is 22.1. The van der Waals surface area contributed by atoms with Gasteiger partial charge in [0.2, 0.25) is 0 Å². The molecule has 1 aromatic carbocycles. The molecule has 0 saturated carbocycles. The summed E-state index contributed by atoms with van der Waals surface area (Å²) in [5.41, 5.74) is 3.09. The Hall–Kier alpha value is -0.860. The van der Waals surface area contributed by atoms with Crippen molar-refractivity contribution >= 4 is 0 Å². The Morgan fingerprint density at radius 3 is 2.73 bits per heavy atom. The van der Waals surface area contributed by atoms with Gasteiger partial charge in [-0.3, -0.25) is 4.90 Å². The summed E-state index contributed by atoms with van der Waals surface area (Å²) >= 11 is 0. The highest BCUT2D eigenvalue weighted by molar-refractivity contribution is 5.29. The topological polar surface area (TPSA) is 15.3 Å². The van der Waals surface area contributed by atoms with Gasteiger partial charge in [-0.1, -0.05) is 24.3 Å². The predicted molar refractivity (Wildman–Crippen MR) is 61.8 cm³/mol. The van der Waals surface area contributed by atoms with Crippen molar-refractivity contribution in [1.29, 1.82) is 0 Å². The third-order valence-corrected chi connectivity index (χ3v) is 3.59. The van der Waals surface area contributed by atoms with Crippen LogP contribution < -0.4 is 5.32 Å². The molecular weight excluding hydrogens is 184 g/mol. The lowest BCUT2D eigenvalue weighted by atomic mass is 9.97.